The number of rotatable bonds is 8. The van der Waals surface area contributed by atoms with Crippen molar-refractivity contribution in [3.63, 3.8) is 0 Å². The van der Waals surface area contributed by atoms with Crippen LogP contribution in [0.3, 0.4) is 0 Å². The van der Waals surface area contributed by atoms with E-state index in [0.717, 1.165) is 22.6 Å². The molecule has 0 aliphatic carbocycles. The number of aromatic nitrogens is 3. The normalized spacial score (nSPS) is 10.7. The van der Waals surface area contributed by atoms with Crippen LogP contribution in [0.25, 0.3) is 5.69 Å². The van der Waals surface area contributed by atoms with Gasteiger partial charge in [-0.3, -0.25) is 14.2 Å². The van der Waals surface area contributed by atoms with E-state index < -0.39 is 5.97 Å². The molecule has 3 rings (SSSR count). The maximum absolute atomic E-state index is 12.8. The van der Waals surface area contributed by atoms with E-state index in [-0.39, 0.29) is 34.7 Å². The molecule has 2 amide bonds. The van der Waals surface area contributed by atoms with Crippen LogP contribution in [-0.2, 0) is 9.53 Å². The molecule has 0 saturated carbocycles. The molecule has 33 heavy (non-hydrogen) atoms. The quantitative estimate of drug-likeness (QED) is 0.369. The van der Waals surface area contributed by atoms with Crippen molar-refractivity contribution in [2.24, 2.45) is 0 Å². The summed E-state index contributed by atoms with van der Waals surface area (Å²) in [5.41, 5.74) is 2.66. The fraction of sp³-hybridized carbons (Fsp3) is 0.318. The largest absolute Gasteiger partial charge is 0.462 e. The summed E-state index contributed by atoms with van der Waals surface area (Å²) >= 11 is 2.27. The second-order valence-corrected chi connectivity index (χ2v) is 9.01. The smallest absolute Gasteiger partial charge is 0.341 e. The SMILES string of the molecule is CCOC(=O)c1c(NC(=O)CSc2nnc(C)n2-c2ccccc2C)sc(C(=O)NC)c1C. The van der Waals surface area contributed by atoms with Crippen LogP contribution in [0.1, 0.15) is 43.9 Å². The van der Waals surface area contributed by atoms with Crippen molar-refractivity contribution in [2.75, 3.05) is 24.7 Å². The molecule has 2 N–H and O–H groups in total. The Labute approximate surface area is 199 Å². The van der Waals surface area contributed by atoms with Crippen LogP contribution in [0.4, 0.5) is 5.00 Å². The minimum absolute atomic E-state index is 0.0402. The molecular weight excluding hydrogens is 462 g/mol. The molecule has 2 aromatic heterocycles. The standard InChI is InChI=1S/C22H25N5O4S2/c1-6-31-21(30)17-13(3)18(19(29)23-5)33-20(17)24-16(28)11-32-22-26-25-14(4)27(22)15-10-8-7-9-12(15)2/h7-10H,6,11H2,1-5H3,(H,23,29)(H,24,28). The van der Waals surface area contributed by atoms with E-state index in [2.05, 4.69) is 20.8 Å². The first kappa shape index (κ1) is 24.5. The van der Waals surface area contributed by atoms with Gasteiger partial charge in [-0.15, -0.1) is 21.5 Å². The molecule has 11 heteroatoms. The third-order valence-corrected chi connectivity index (χ3v) is 6.93. The van der Waals surface area contributed by atoms with Gasteiger partial charge in [0.25, 0.3) is 5.91 Å². The zero-order chi connectivity index (χ0) is 24.1. The number of carbonyl (C=O) groups excluding carboxylic acids is 3. The molecule has 0 aliphatic rings. The van der Waals surface area contributed by atoms with E-state index in [0.29, 0.717) is 21.4 Å². The number of ether oxygens (including phenoxy) is 1. The molecule has 0 bridgehead atoms. The number of anilines is 1. The highest BCUT2D eigenvalue weighted by atomic mass is 32.2. The summed E-state index contributed by atoms with van der Waals surface area (Å²) < 4.78 is 7.02. The van der Waals surface area contributed by atoms with Crippen LogP contribution in [0, 0.1) is 20.8 Å². The van der Waals surface area contributed by atoms with E-state index in [9.17, 15) is 14.4 Å². The number of hydrogen-bond donors (Lipinski definition) is 2. The fourth-order valence-electron chi connectivity index (χ4n) is 3.20. The molecule has 0 unspecified atom stereocenters. The summed E-state index contributed by atoms with van der Waals surface area (Å²) in [7, 11) is 1.51. The van der Waals surface area contributed by atoms with Gasteiger partial charge in [-0.1, -0.05) is 30.0 Å². The first-order valence-corrected chi connectivity index (χ1v) is 12.0. The molecule has 0 spiro atoms. The number of benzene rings is 1. The van der Waals surface area contributed by atoms with Gasteiger partial charge in [-0.2, -0.15) is 0 Å². The summed E-state index contributed by atoms with van der Waals surface area (Å²) in [6.07, 6.45) is 0. The number of nitrogens with zero attached hydrogens (tertiary/aromatic N) is 3. The van der Waals surface area contributed by atoms with Crippen molar-refractivity contribution in [1.29, 1.82) is 0 Å². The number of thiophene rings is 1. The van der Waals surface area contributed by atoms with Gasteiger partial charge < -0.3 is 15.4 Å². The lowest BCUT2D eigenvalue weighted by Gasteiger charge is -2.11. The van der Waals surface area contributed by atoms with E-state index in [1.165, 1.54) is 18.8 Å². The Balaban J connectivity index is 1.81. The van der Waals surface area contributed by atoms with Crippen LogP contribution < -0.4 is 10.6 Å². The number of thioether (sulfide) groups is 1. The molecule has 3 aromatic rings. The maximum Gasteiger partial charge on any atom is 0.341 e. The first-order valence-electron chi connectivity index (χ1n) is 10.2. The van der Waals surface area contributed by atoms with Gasteiger partial charge in [0.05, 0.1) is 28.5 Å². The van der Waals surface area contributed by atoms with Crippen molar-refractivity contribution < 1.29 is 19.1 Å². The summed E-state index contributed by atoms with van der Waals surface area (Å²) in [5, 5.41) is 14.5. The van der Waals surface area contributed by atoms with Crippen molar-refractivity contribution in [1.82, 2.24) is 20.1 Å². The van der Waals surface area contributed by atoms with Crippen LogP contribution in [0.5, 0.6) is 0 Å². The zero-order valence-corrected chi connectivity index (χ0v) is 20.6. The van der Waals surface area contributed by atoms with Crippen LogP contribution in [0.15, 0.2) is 29.4 Å². The molecule has 9 nitrogen and oxygen atoms in total. The number of nitrogens with one attached hydrogen (secondary N) is 2. The number of carbonyl (C=O) groups is 3. The molecular formula is C22H25N5O4S2. The van der Waals surface area contributed by atoms with E-state index >= 15 is 0 Å². The molecule has 2 heterocycles. The monoisotopic (exact) mass is 487 g/mol. The maximum atomic E-state index is 12.8. The summed E-state index contributed by atoms with van der Waals surface area (Å²) in [4.78, 5) is 37.8. The lowest BCUT2D eigenvalue weighted by Crippen LogP contribution is -2.18. The molecule has 0 fully saturated rings. The highest BCUT2D eigenvalue weighted by Gasteiger charge is 2.26. The Morgan fingerprint density at radius 2 is 1.88 bits per heavy atom. The van der Waals surface area contributed by atoms with Gasteiger partial charge in [0.1, 0.15) is 10.8 Å². The molecule has 0 saturated heterocycles. The molecule has 1 aromatic carbocycles. The molecule has 174 valence electrons. The number of amides is 2. The number of esters is 1. The Kier molecular flexibility index (Phi) is 7.88. The lowest BCUT2D eigenvalue weighted by molar-refractivity contribution is -0.113. The predicted molar refractivity (Wildman–Crippen MR) is 129 cm³/mol. The van der Waals surface area contributed by atoms with Crippen molar-refractivity contribution in [3.05, 3.63) is 51.7 Å². The highest BCUT2D eigenvalue weighted by molar-refractivity contribution is 7.99. The minimum atomic E-state index is -0.584. The van der Waals surface area contributed by atoms with Gasteiger partial charge in [-0.25, -0.2) is 4.79 Å². The number of aryl methyl sites for hydroxylation is 2. The number of hydrogen-bond acceptors (Lipinski definition) is 8. The minimum Gasteiger partial charge on any atom is -0.462 e. The summed E-state index contributed by atoms with van der Waals surface area (Å²) in [6.45, 7) is 7.38. The van der Waals surface area contributed by atoms with Crippen molar-refractivity contribution >= 4 is 45.9 Å². The topological polar surface area (TPSA) is 115 Å². The first-order chi connectivity index (χ1) is 15.8. The van der Waals surface area contributed by atoms with Crippen LogP contribution in [-0.4, -0.2) is 52.0 Å². The average molecular weight is 488 g/mol. The molecule has 0 atom stereocenters. The van der Waals surface area contributed by atoms with E-state index in [1.807, 2.05) is 42.7 Å². The average Bonchev–Trinajstić information content (AvgIpc) is 3.31. The fourth-order valence-corrected chi connectivity index (χ4v) is 5.15. The lowest BCUT2D eigenvalue weighted by atomic mass is 10.1. The summed E-state index contributed by atoms with van der Waals surface area (Å²) in [6, 6.07) is 7.85. The Hall–Kier alpha value is -3.18. The van der Waals surface area contributed by atoms with Gasteiger partial charge >= 0.3 is 5.97 Å². The van der Waals surface area contributed by atoms with E-state index in [4.69, 9.17) is 4.74 Å². The van der Waals surface area contributed by atoms with Gasteiger partial charge in [0.15, 0.2) is 5.16 Å². The second kappa shape index (κ2) is 10.6. The van der Waals surface area contributed by atoms with Crippen LogP contribution >= 0.6 is 23.1 Å². The Morgan fingerprint density at radius 3 is 2.55 bits per heavy atom. The van der Waals surface area contributed by atoms with Gasteiger partial charge in [-0.05, 0) is 44.9 Å². The van der Waals surface area contributed by atoms with Crippen LogP contribution in [0.2, 0.25) is 0 Å². The Morgan fingerprint density at radius 1 is 1.15 bits per heavy atom. The van der Waals surface area contributed by atoms with Crippen molar-refractivity contribution in [2.45, 2.75) is 32.9 Å². The van der Waals surface area contributed by atoms with Gasteiger partial charge in [0.2, 0.25) is 5.91 Å². The molecule has 0 aliphatic heterocycles. The highest BCUT2D eigenvalue weighted by Crippen LogP contribution is 2.34. The molecule has 0 radical (unpaired) electrons. The van der Waals surface area contributed by atoms with E-state index in [1.54, 1.807) is 13.8 Å². The predicted octanol–water partition coefficient (Wildman–Crippen LogP) is 3.52. The third kappa shape index (κ3) is 5.25. The summed E-state index contributed by atoms with van der Waals surface area (Å²) in [5.74, 6) is -0.509. The third-order valence-electron chi connectivity index (χ3n) is 4.80. The number of para-hydroxylation sites is 1. The van der Waals surface area contributed by atoms with Gasteiger partial charge in [0, 0.05) is 7.05 Å². The van der Waals surface area contributed by atoms with Crippen molar-refractivity contribution in [3.8, 4) is 5.69 Å². The zero-order valence-electron chi connectivity index (χ0n) is 19.0. The Bertz CT molecular complexity index is 1200. The second-order valence-electron chi connectivity index (χ2n) is 7.05.